The van der Waals surface area contributed by atoms with Gasteiger partial charge in [0.2, 0.25) is 0 Å². The van der Waals surface area contributed by atoms with Crippen LogP contribution in [0.15, 0.2) is 47.5 Å². The Labute approximate surface area is 136 Å². The number of aromatic amines is 1. The van der Waals surface area contributed by atoms with Crippen molar-refractivity contribution in [2.75, 3.05) is 18.0 Å². The minimum Gasteiger partial charge on any atom is -0.366 e. The highest BCUT2D eigenvalue weighted by Crippen LogP contribution is 2.34. The molecule has 2 atom stereocenters. The van der Waals surface area contributed by atoms with Crippen molar-refractivity contribution in [1.29, 1.82) is 0 Å². The third-order valence-electron chi connectivity index (χ3n) is 4.23. The summed E-state index contributed by atoms with van der Waals surface area (Å²) < 4.78 is 6.36. The van der Waals surface area contributed by atoms with Gasteiger partial charge in [0, 0.05) is 19.2 Å². The number of H-pyrrole nitrogens is 1. The molecule has 1 aromatic carbocycles. The van der Waals surface area contributed by atoms with E-state index in [1.165, 1.54) is 6.33 Å². The minimum atomic E-state index is -0.134. The fourth-order valence-corrected chi connectivity index (χ4v) is 2.81. The predicted octanol–water partition coefficient (Wildman–Crippen LogP) is 2.76. The number of aromatic nitrogens is 2. The van der Waals surface area contributed by atoms with Crippen molar-refractivity contribution in [1.82, 2.24) is 9.97 Å². The number of benzene rings is 1. The Hall–Kier alpha value is -2.14. The molecule has 0 bridgehead atoms. The van der Waals surface area contributed by atoms with Gasteiger partial charge in [-0.2, -0.15) is 0 Å². The van der Waals surface area contributed by atoms with Gasteiger partial charge in [-0.1, -0.05) is 51.1 Å². The number of nitrogens with one attached hydrogen (secondary N) is 1. The zero-order chi connectivity index (χ0) is 16.4. The summed E-state index contributed by atoms with van der Waals surface area (Å²) in [4.78, 5) is 20.6. The Morgan fingerprint density at radius 2 is 1.96 bits per heavy atom. The molecule has 1 aliphatic rings. The molecule has 0 spiro atoms. The van der Waals surface area contributed by atoms with E-state index in [-0.39, 0.29) is 23.2 Å². The van der Waals surface area contributed by atoms with Crippen LogP contribution in [0.2, 0.25) is 0 Å². The maximum absolute atomic E-state index is 11.6. The van der Waals surface area contributed by atoms with Crippen LogP contribution in [0.1, 0.15) is 32.4 Å². The van der Waals surface area contributed by atoms with Crippen molar-refractivity contribution in [3.05, 3.63) is 58.6 Å². The lowest BCUT2D eigenvalue weighted by Crippen LogP contribution is -2.49. The molecule has 3 rings (SSSR count). The van der Waals surface area contributed by atoms with Crippen LogP contribution in [0.25, 0.3) is 0 Å². The van der Waals surface area contributed by atoms with Gasteiger partial charge < -0.3 is 14.6 Å². The monoisotopic (exact) mass is 313 g/mol. The fraction of sp³-hybridized carbons (Fsp3) is 0.444. The smallest absolute Gasteiger partial charge is 0.252 e. The molecule has 0 radical (unpaired) electrons. The predicted molar refractivity (Wildman–Crippen MR) is 90.6 cm³/mol. The Bertz CT molecular complexity index is 706. The quantitative estimate of drug-likeness (QED) is 0.926. The summed E-state index contributed by atoms with van der Waals surface area (Å²) in [6.07, 6.45) is 1.48. The van der Waals surface area contributed by atoms with Crippen LogP contribution in [-0.2, 0) is 4.74 Å². The largest absolute Gasteiger partial charge is 0.366 e. The number of hydrogen-bond donors (Lipinski definition) is 1. The normalized spacial score (nSPS) is 22.1. The van der Waals surface area contributed by atoms with E-state index in [0.29, 0.717) is 12.4 Å². The summed E-state index contributed by atoms with van der Waals surface area (Å²) in [6, 6.07) is 11.8. The molecule has 1 fully saturated rings. The van der Waals surface area contributed by atoms with E-state index in [2.05, 4.69) is 47.8 Å². The number of hydrogen-bond acceptors (Lipinski definition) is 4. The summed E-state index contributed by atoms with van der Waals surface area (Å²) >= 11 is 0. The molecule has 0 unspecified atom stereocenters. The zero-order valence-electron chi connectivity index (χ0n) is 13.8. The Morgan fingerprint density at radius 1 is 1.22 bits per heavy atom. The lowest BCUT2D eigenvalue weighted by atomic mass is 9.87. The van der Waals surface area contributed by atoms with E-state index in [1.54, 1.807) is 6.07 Å². The first-order valence-corrected chi connectivity index (χ1v) is 7.93. The topological polar surface area (TPSA) is 58.2 Å². The molecular weight excluding hydrogens is 290 g/mol. The van der Waals surface area contributed by atoms with Crippen LogP contribution in [0.5, 0.6) is 0 Å². The Kier molecular flexibility index (Phi) is 4.22. The molecule has 1 aromatic heterocycles. The highest BCUT2D eigenvalue weighted by Gasteiger charge is 2.36. The molecule has 0 aliphatic carbocycles. The highest BCUT2D eigenvalue weighted by atomic mass is 16.5. The molecule has 1 saturated heterocycles. The Morgan fingerprint density at radius 3 is 2.61 bits per heavy atom. The summed E-state index contributed by atoms with van der Waals surface area (Å²) in [5.41, 5.74) is 1.02. The summed E-state index contributed by atoms with van der Waals surface area (Å²) in [6.45, 7) is 7.94. The molecule has 0 amide bonds. The van der Waals surface area contributed by atoms with E-state index in [0.717, 1.165) is 12.1 Å². The van der Waals surface area contributed by atoms with Crippen LogP contribution < -0.4 is 10.5 Å². The third-order valence-corrected chi connectivity index (χ3v) is 4.23. The van der Waals surface area contributed by atoms with E-state index in [9.17, 15) is 4.79 Å². The number of ether oxygens (including phenoxy) is 1. The number of rotatable bonds is 2. The van der Waals surface area contributed by atoms with E-state index >= 15 is 0 Å². The van der Waals surface area contributed by atoms with Crippen LogP contribution in [0, 0.1) is 5.41 Å². The molecule has 5 nitrogen and oxygen atoms in total. The van der Waals surface area contributed by atoms with Crippen molar-refractivity contribution in [3.63, 3.8) is 0 Å². The van der Waals surface area contributed by atoms with E-state index in [4.69, 9.17) is 4.74 Å². The molecule has 23 heavy (non-hydrogen) atoms. The first kappa shape index (κ1) is 15.7. The van der Waals surface area contributed by atoms with Gasteiger partial charge >= 0.3 is 0 Å². The molecule has 0 saturated carbocycles. The van der Waals surface area contributed by atoms with Crippen molar-refractivity contribution in [2.45, 2.75) is 33.0 Å². The summed E-state index contributed by atoms with van der Waals surface area (Å²) in [7, 11) is 0. The van der Waals surface area contributed by atoms with Crippen LogP contribution in [0.3, 0.4) is 0 Å². The first-order valence-electron chi connectivity index (χ1n) is 7.93. The van der Waals surface area contributed by atoms with Crippen molar-refractivity contribution >= 4 is 5.82 Å². The van der Waals surface area contributed by atoms with Gasteiger partial charge in [0.1, 0.15) is 11.9 Å². The summed E-state index contributed by atoms with van der Waals surface area (Å²) in [5.74, 6) is 0.701. The van der Waals surface area contributed by atoms with Gasteiger partial charge in [-0.15, -0.1) is 0 Å². The second kappa shape index (κ2) is 6.16. The van der Waals surface area contributed by atoms with Crippen molar-refractivity contribution in [3.8, 4) is 0 Å². The van der Waals surface area contributed by atoms with Crippen LogP contribution in [0.4, 0.5) is 5.82 Å². The highest BCUT2D eigenvalue weighted by molar-refractivity contribution is 5.38. The van der Waals surface area contributed by atoms with E-state index < -0.39 is 0 Å². The number of anilines is 1. The second-order valence-corrected chi connectivity index (χ2v) is 7.06. The van der Waals surface area contributed by atoms with Gasteiger partial charge in [-0.3, -0.25) is 4.79 Å². The molecule has 2 heterocycles. The molecule has 1 aliphatic heterocycles. The maximum Gasteiger partial charge on any atom is 0.252 e. The molecule has 2 aromatic rings. The van der Waals surface area contributed by atoms with Crippen molar-refractivity contribution in [2.24, 2.45) is 5.41 Å². The first-order chi connectivity index (χ1) is 10.9. The van der Waals surface area contributed by atoms with Gasteiger partial charge in [-0.25, -0.2) is 4.98 Å². The lowest BCUT2D eigenvalue weighted by molar-refractivity contribution is -0.0792. The second-order valence-electron chi connectivity index (χ2n) is 7.06. The molecule has 1 N–H and O–H groups in total. The molecule has 5 heteroatoms. The third kappa shape index (κ3) is 3.62. The Balaban J connectivity index is 1.92. The SMILES string of the molecule is CC(C)(C)[C@H]1CN(c2cc(=O)[nH]cn2)C[C@@H](c2ccccc2)O1. The van der Waals surface area contributed by atoms with Crippen LogP contribution in [-0.4, -0.2) is 29.2 Å². The standard InChI is InChI=1S/C18H23N3O2/c1-18(2,3)15-11-21(16-9-17(22)20-12-19-16)10-14(23-15)13-7-5-4-6-8-13/h4-9,12,14-15H,10-11H2,1-3H3,(H,19,20,22)/t14-,15+/m0/s1. The number of nitrogens with zero attached hydrogens (tertiary/aromatic N) is 2. The lowest BCUT2D eigenvalue weighted by Gasteiger charge is -2.44. The van der Waals surface area contributed by atoms with Crippen LogP contribution >= 0.6 is 0 Å². The van der Waals surface area contributed by atoms with Gasteiger partial charge in [-0.05, 0) is 11.0 Å². The van der Waals surface area contributed by atoms with Gasteiger partial charge in [0.15, 0.2) is 0 Å². The zero-order valence-corrected chi connectivity index (χ0v) is 13.8. The minimum absolute atomic E-state index is 0.00685. The molecular formula is C18H23N3O2. The fourth-order valence-electron chi connectivity index (χ4n) is 2.81. The van der Waals surface area contributed by atoms with Gasteiger partial charge in [0.05, 0.1) is 12.4 Å². The average molecular weight is 313 g/mol. The van der Waals surface area contributed by atoms with Crippen molar-refractivity contribution < 1.29 is 4.74 Å². The van der Waals surface area contributed by atoms with Gasteiger partial charge in [0.25, 0.3) is 5.56 Å². The average Bonchev–Trinajstić information content (AvgIpc) is 2.54. The van der Waals surface area contributed by atoms with E-state index in [1.807, 2.05) is 18.2 Å². The summed E-state index contributed by atoms with van der Waals surface area (Å²) in [5, 5.41) is 0. The maximum atomic E-state index is 11.6. The molecule has 122 valence electrons. The number of morpholine rings is 1.